The Kier molecular flexibility index (Phi) is 2.47. The van der Waals surface area contributed by atoms with Gasteiger partial charge in [0.05, 0.1) is 10.2 Å². The van der Waals surface area contributed by atoms with E-state index in [4.69, 9.17) is 5.84 Å². The van der Waals surface area contributed by atoms with Gasteiger partial charge in [0.25, 0.3) is 0 Å². The number of halogens is 1. The second kappa shape index (κ2) is 3.49. The Morgan fingerprint density at radius 2 is 2.21 bits per heavy atom. The lowest BCUT2D eigenvalue weighted by atomic mass is 10.1. The number of fused-ring (bicyclic) bond motifs is 1. The van der Waals surface area contributed by atoms with Crippen LogP contribution in [-0.4, -0.2) is 4.98 Å². The normalized spacial score (nSPS) is 10.9. The highest BCUT2D eigenvalue weighted by Gasteiger charge is 2.09. The third-order valence-corrected chi connectivity index (χ3v) is 4.49. The van der Waals surface area contributed by atoms with Gasteiger partial charge in [-0.15, -0.1) is 0 Å². The molecule has 0 radical (unpaired) electrons. The zero-order chi connectivity index (χ0) is 10.3. The summed E-state index contributed by atoms with van der Waals surface area (Å²) in [6, 6.07) is 2.06. The van der Waals surface area contributed by atoms with E-state index in [-0.39, 0.29) is 0 Å². The highest BCUT2D eigenvalue weighted by molar-refractivity contribution is 9.10. The van der Waals surface area contributed by atoms with E-state index in [1.54, 1.807) is 11.3 Å². The molecule has 3 N–H and O–H groups in total. The van der Waals surface area contributed by atoms with Crippen molar-refractivity contribution in [2.24, 2.45) is 5.84 Å². The molecule has 3 nitrogen and oxygen atoms in total. The van der Waals surface area contributed by atoms with E-state index < -0.39 is 0 Å². The predicted molar refractivity (Wildman–Crippen MR) is 64.6 cm³/mol. The molecule has 1 aromatic heterocycles. The standard InChI is InChI=1S/C9H10BrN3S/c1-4-3-6-8(5(2)7(4)10)14-9(12-6)13-11/h3H,11H2,1-2H3,(H,12,13). The Morgan fingerprint density at radius 1 is 1.50 bits per heavy atom. The van der Waals surface area contributed by atoms with E-state index in [0.29, 0.717) is 0 Å². The molecule has 5 heteroatoms. The van der Waals surface area contributed by atoms with Crippen LogP contribution in [-0.2, 0) is 0 Å². The van der Waals surface area contributed by atoms with E-state index in [1.807, 2.05) is 0 Å². The fourth-order valence-corrected chi connectivity index (χ4v) is 2.73. The number of nitrogen functional groups attached to an aromatic ring is 1. The van der Waals surface area contributed by atoms with Crippen molar-refractivity contribution in [1.82, 2.24) is 4.98 Å². The summed E-state index contributed by atoms with van der Waals surface area (Å²) in [6.07, 6.45) is 0. The molecular weight excluding hydrogens is 262 g/mol. The Hall–Kier alpha value is -0.650. The summed E-state index contributed by atoms with van der Waals surface area (Å²) in [6.45, 7) is 4.14. The summed E-state index contributed by atoms with van der Waals surface area (Å²) in [7, 11) is 0. The molecule has 0 aliphatic carbocycles. The number of nitrogens with one attached hydrogen (secondary N) is 1. The lowest BCUT2D eigenvalue weighted by Gasteiger charge is -2.02. The average molecular weight is 272 g/mol. The van der Waals surface area contributed by atoms with Crippen molar-refractivity contribution >= 4 is 42.6 Å². The largest absolute Gasteiger partial charge is 0.300 e. The first kappa shape index (κ1) is 9.89. The molecule has 0 unspecified atom stereocenters. The molecule has 0 bridgehead atoms. The van der Waals surface area contributed by atoms with Crippen LogP contribution in [0.25, 0.3) is 10.2 Å². The quantitative estimate of drug-likeness (QED) is 0.620. The number of rotatable bonds is 1. The second-order valence-electron chi connectivity index (χ2n) is 3.14. The van der Waals surface area contributed by atoms with Gasteiger partial charge in [-0.3, -0.25) is 5.43 Å². The molecule has 0 aliphatic rings. The minimum Gasteiger partial charge on any atom is -0.300 e. The van der Waals surface area contributed by atoms with Crippen molar-refractivity contribution in [2.75, 3.05) is 5.43 Å². The minimum atomic E-state index is 0.751. The minimum absolute atomic E-state index is 0.751. The zero-order valence-corrected chi connectivity index (χ0v) is 10.3. The van der Waals surface area contributed by atoms with Gasteiger partial charge in [-0.2, -0.15) is 0 Å². The summed E-state index contributed by atoms with van der Waals surface area (Å²) in [5, 5.41) is 0.751. The molecule has 14 heavy (non-hydrogen) atoms. The first-order chi connectivity index (χ1) is 6.63. The molecule has 2 aromatic rings. The van der Waals surface area contributed by atoms with Crippen molar-refractivity contribution in [1.29, 1.82) is 0 Å². The summed E-state index contributed by atoms with van der Waals surface area (Å²) < 4.78 is 2.33. The van der Waals surface area contributed by atoms with Crippen LogP contribution in [0.4, 0.5) is 5.13 Å². The maximum Gasteiger partial charge on any atom is 0.198 e. The topological polar surface area (TPSA) is 50.9 Å². The van der Waals surface area contributed by atoms with Crippen LogP contribution in [0.1, 0.15) is 11.1 Å². The molecule has 0 fully saturated rings. The monoisotopic (exact) mass is 271 g/mol. The van der Waals surface area contributed by atoms with Crippen molar-refractivity contribution in [3.05, 3.63) is 21.7 Å². The Balaban J connectivity index is 2.81. The van der Waals surface area contributed by atoms with Gasteiger partial charge in [-0.25, -0.2) is 10.8 Å². The van der Waals surface area contributed by atoms with Gasteiger partial charge in [-0.1, -0.05) is 27.3 Å². The number of aromatic nitrogens is 1. The summed E-state index contributed by atoms with van der Waals surface area (Å²) in [4.78, 5) is 4.36. The van der Waals surface area contributed by atoms with Gasteiger partial charge >= 0.3 is 0 Å². The van der Waals surface area contributed by atoms with Crippen LogP contribution in [0.15, 0.2) is 10.5 Å². The van der Waals surface area contributed by atoms with E-state index >= 15 is 0 Å². The maximum absolute atomic E-state index is 5.33. The maximum atomic E-state index is 5.33. The fourth-order valence-electron chi connectivity index (χ4n) is 1.42. The number of thiazole rings is 1. The number of benzene rings is 1. The average Bonchev–Trinajstić information content (AvgIpc) is 2.57. The van der Waals surface area contributed by atoms with E-state index in [1.165, 1.54) is 15.8 Å². The number of nitrogens with two attached hydrogens (primary N) is 1. The van der Waals surface area contributed by atoms with E-state index in [0.717, 1.165) is 15.1 Å². The van der Waals surface area contributed by atoms with Crippen molar-refractivity contribution < 1.29 is 0 Å². The highest BCUT2D eigenvalue weighted by Crippen LogP contribution is 2.34. The molecule has 0 saturated carbocycles. The molecule has 2 rings (SSSR count). The van der Waals surface area contributed by atoms with Gasteiger partial charge in [0, 0.05) is 4.47 Å². The van der Waals surface area contributed by atoms with Gasteiger partial charge in [0.15, 0.2) is 5.13 Å². The number of hydrogen-bond donors (Lipinski definition) is 2. The second-order valence-corrected chi connectivity index (χ2v) is 4.94. The number of anilines is 1. The summed E-state index contributed by atoms with van der Waals surface area (Å²) >= 11 is 5.13. The molecular formula is C9H10BrN3S. The fraction of sp³-hybridized carbons (Fsp3) is 0.222. The predicted octanol–water partition coefficient (Wildman–Crippen LogP) is 2.96. The number of hydrazine groups is 1. The molecule has 74 valence electrons. The third kappa shape index (κ3) is 1.41. The molecule has 0 amide bonds. The third-order valence-electron chi connectivity index (χ3n) is 2.15. The Labute approximate surface area is 94.4 Å². The molecule has 0 aliphatic heterocycles. The van der Waals surface area contributed by atoms with Gasteiger partial charge in [0.1, 0.15) is 0 Å². The smallest absolute Gasteiger partial charge is 0.198 e. The van der Waals surface area contributed by atoms with Crippen molar-refractivity contribution in [3.8, 4) is 0 Å². The summed E-state index contributed by atoms with van der Waals surface area (Å²) in [5.41, 5.74) is 6.00. The van der Waals surface area contributed by atoms with Crippen LogP contribution in [0, 0.1) is 13.8 Å². The number of aryl methyl sites for hydroxylation is 2. The van der Waals surface area contributed by atoms with E-state index in [9.17, 15) is 0 Å². The highest BCUT2D eigenvalue weighted by atomic mass is 79.9. The number of nitrogens with zero attached hydrogens (tertiary/aromatic N) is 1. The molecule has 0 atom stereocenters. The lowest BCUT2D eigenvalue weighted by molar-refractivity contribution is 1.30. The van der Waals surface area contributed by atoms with Crippen LogP contribution < -0.4 is 11.3 Å². The molecule has 1 heterocycles. The zero-order valence-electron chi connectivity index (χ0n) is 7.89. The van der Waals surface area contributed by atoms with Crippen LogP contribution in [0.2, 0.25) is 0 Å². The number of hydrogen-bond acceptors (Lipinski definition) is 4. The van der Waals surface area contributed by atoms with E-state index in [2.05, 4.69) is 46.3 Å². The van der Waals surface area contributed by atoms with Gasteiger partial charge in [-0.05, 0) is 31.0 Å². The van der Waals surface area contributed by atoms with Crippen LogP contribution in [0.5, 0.6) is 0 Å². The van der Waals surface area contributed by atoms with Gasteiger partial charge < -0.3 is 0 Å². The Morgan fingerprint density at radius 3 is 2.86 bits per heavy atom. The van der Waals surface area contributed by atoms with Crippen LogP contribution >= 0.6 is 27.3 Å². The first-order valence-electron chi connectivity index (χ1n) is 4.16. The molecule has 0 spiro atoms. The summed E-state index contributed by atoms with van der Waals surface area (Å²) in [5.74, 6) is 5.33. The van der Waals surface area contributed by atoms with Crippen molar-refractivity contribution in [2.45, 2.75) is 13.8 Å². The molecule has 0 saturated heterocycles. The molecule has 1 aromatic carbocycles. The first-order valence-corrected chi connectivity index (χ1v) is 5.77. The van der Waals surface area contributed by atoms with Crippen LogP contribution in [0.3, 0.4) is 0 Å². The SMILES string of the molecule is Cc1cc2nc(NN)sc2c(C)c1Br. The van der Waals surface area contributed by atoms with Crippen molar-refractivity contribution in [3.63, 3.8) is 0 Å². The van der Waals surface area contributed by atoms with Gasteiger partial charge in [0.2, 0.25) is 0 Å². The Bertz CT molecular complexity index is 492. The lowest BCUT2D eigenvalue weighted by Crippen LogP contribution is -2.05.